The van der Waals surface area contributed by atoms with Gasteiger partial charge in [-0.2, -0.15) is 5.26 Å². The Kier molecular flexibility index (Phi) is 3.90. The summed E-state index contributed by atoms with van der Waals surface area (Å²) in [5.74, 6) is -0.195. The van der Waals surface area contributed by atoms with Crippen LogP contribution in [0.1, 0.15) is 35.8 Å². The number of rotatable bonds is 4. The third kappa shape index (κ3) is 2.84. The van der Waals surface area contributed by atoms with Crippen LogP contribution in [0, 0.1) is 11.3 Å². The first-order chi connectivity index (χ1) is 8.72. The number of aromatic nitrogens is 1. The molecule has 1 N–H and O–H groups in total. The summed E-state index contributed by atoms with van der Waals surface area (Å²) < 4.78 is 5.42. The first-order valence-electron chi connectivity index (χ1n) is 6.01. The summed E-state index contributed by atoms with van der Waals surface area (Å²) in [5, 5.41) is 11.5. The van der Waals surface area contributed by atoms with Crippen LogP contribution in [0.4, 0.5) is 0 Å². The van der Waals surface area contributed by atoms with Crippen LogP contribution in [0.15, 0.2) is 18.3 Å². The summed E-state index contributed by atoms with van der Waals surface area (Å²) in [6, 6.07) is 5.29. The number of hydrogen-bond acceptors (Lipinski definition) is 4. The fourth-order valence-corrected chi connectivity index (χ4v) is 1.91. The van der Waals surface area contributed by atoms with E-state index in [1.807, 2.05) is 13.0 Å². The van der Waals surface area contributed by atoms with Crippen molar-refractivity contribution in [3.8, 4) is 6.07 Å². The lowest BCUT2D eigenvalue weighted by molar-refractivity contribution is -0.00867. The van der Waals surface area contributed by atoms with E-state index >= 15 is 0 Å². The summed E-state index contributed by atoms with van der Waals surface area (Å²) in [6.07, 6.45) is 3.39. The van der Waals surface area contributed by atoms with Crippen LogP contribution in [0.2, 0.25) is 0 Å². The van der Waals surface area contributed by atoms with Crippen molar-refractivity contribution in [3.05, 3.63) is 29.6 Å². The number of carbonyl (C=O) groups is 1. The molecule has 0 radical (unpaired) electrons. The van der Waals surface area contributed by atoms with Gasteiger partial charge in [0.05, 0.1) is 11.7 Å². The maximum absolute atomic E-state index is 11.8. The second-order valence-corrected chi connectivity index (χ2v) is 4.26. The standard InChI is InChI=1S/C13H15N3O2/c1-2-18-11-5-10(6-11)16-13(17)12-4-3-9(7-14)8-15-12/h3-4,8,10-11H,2,5-6H2,1H3,(H,16,17). The van der Waals surface area contributed by atoms with Crippen LogP contribution in [0.5, 0.6) is 0 Å². The molecule has 1 aliphatic rings. The SMILES string of the molecule is CCOC1CC(NC(=O)c2ccc(C#N)cn2)C1. The predicted molar refractivity (Wildman–Crippen MR) is 64.9 cm³/mol. The number of nitriles is 1. The minimum absolute atomic E-state index is 0.173. The van der Waals surface area contributed by atoms with Crippen molar-refractivity contribution in [2.45, 2.75) is 31.9 Å². The maximum atomic E-state index is 11.8. The number of carbonyl (C=O) groups excluding carboxylic acids is 1. The molecule has 1 amide bonds. The van der Waals surface area contributed by atoms with Crippen LogP contribution in [-0.2, 0) is 4.74 Å². The van der Waals surface area contributed by atoms with Crippen LogP contribution >= 0.6 is 0 Å². The minimum Gasteiger partial charge on any atom is -0.378 e. The first-order valence-corrected chi connectivity index (χ1v) is 6.01. The first kappa shape index (κ1) is 12.5. The lowest BCUT2D eigenvalue weighted by Crippen LogP contribution is -2.48. The molecule has 0 bridgehead atoms. The van der Waals surface area contributed by atoms with Gasteiger partial charge in [0.1, 0.15) is 11.8 Å². The molecule has 2 rings (SSSR count). The number of pyridine rings is 1. The number of nitrogens with zero attached hydrogens (tertiary/aromatic N) is 2. The molecule has 1 heterocycles. The molecule has 1 aliphatic carbocycles. The summed E-state index contributed by atoms with van der Waals surface area (Å²) in [4.78, 5) is 15.8. The monoisotopic (exact) mass is 245 g/mol. The molecule has 1 fully saturated rings. The lowest BCUT2D eigenvalue weighted by Gasteiger charge is -2.35. The normalized spacial score (nSPS) is 21.8. The highest BCUT2D eigenvalue weighted by Gasteiger charge is 2.30. The zero-order valence-electron chi connectivity index (χ0n) is 10.2. The van der Waals surface area contributed by atoms with Crippen LogP contribution in [-0.4, -0.2) is 29.6 Å². The smallest absolute Gasteiger partial charge is 0.270 e. The van der Waals surface area contributed by atoms with Gasteiger partial charge in [-0.3, -0.25) is 4.79 Å². The Bertz CT molecular complexity index is 458. The van der Waals surface area contributed by atoms with E-state index in [1.165, 1.54) is 6.20 Å². The zero-order chi connectivity index (χ0) is 13.0. The Hall–Kier alpha value is -1.93. The fraction of sp³-hybridized carbons (Fsp3) is 0.462. The Morgan fingerprint density at radius 2 is 2.39 bits per heavy atom. The predicted octanol–water partition coefficient (Wildman–Crippen LogP) is 1.25. The third-order valence-electron chi connectivity index (χ3n) is 2.96. The molecule has 18 heavy (non-hydrogen) atoms. The maximum Gasteiger partial charge on any atom is 0.270 e. The van der Waals surface area contributed by atoms with Gasteiger partial charge >= 0.3 is 0 Å². The molecular weight excluding hydrogens is 230 g/mol. The highest BCUT2D eigenvalue weighted by atomic mass is 16.5. The van der Waals surface area contributed by atoms with Gasteiger partial charge in [-0.05, 0) is 31.9 Å². The average molecular weight is 245 g/mol. The molecule has 0 aliphatic heterocycles. The summed E-state index contributed by atoms with van der Waals surface area (Å²) >= 11 is 0. The Balaban J connectivity index is 1.84. The van der Waals surface area contributed by atoms with E-state index in [0.717, 1.165) is 12.8 Å². The van der Waals surface area contributed by atoms with Crippen molar-refractivity contribution in [2.75, 3.05) is 6.61 Å². The number of hydrogen-bond donors (Lipinski definition) is 1. The molecule has 0 aromatic carbocycles. The number of ether oxygens (including phenoxy) is 1. The van der Waals surface area contributed by atoms with E-state index in [4.69, 9.17) is 10.00 Å². The van der Waals surface area contributed by atoms with E-state index in [1.54, 1.807) is 12.1 Å². The van der Waals surface area contributed by atoms with Crippen molar-refractivity contribution < 1.29 is 9.53 Å². The number of amides is 1. The molecule has 5 nitrogen and oxygen atoms in total. The molecule has 1 aromatic rings. The van der Waals surface area contributed by atoms with Gasteiger partial charge < -0.3 is 10.1 Å². The van der Waals surface area contributed by atoms with E-state index in [-0.39, 0.29) is 18.1 Å². The molecule has 0 spiro atoms. The fourth-order valence-electron chi connectivity index (χ4n) is 1.91. The molecule has 1 saturated carbocycles. The summed E-state index contributed by atoms with van der Waals surface area (Å²) in [5.41, 5.74) is 0.792. The van der Waals surface area contributed by atoms with Crippen LogP contribution in [0.3, 0.4) is 0 Å². The van der Waals surface area contributed by atoms with Crippen molar-refractivity contribution >= 4 is 5.91 Å². The van der Waals surface area contributed by atoms with Crippen molar-refractivity contribution in [3.63, 3.8) is 0 Å². The minimum atomic E-state index is -0.195. The molecule has 5 heteroatoms. The topological polar surface area (TPSA) is 75.0 Å². The highest BCUT2D eigenvalue weighted by molar-refractivity contribution is 5.92. The quantitative estimate of drug-likeness (QED) is 0.866. The van der Waals surface area contributed by atoms with Crippen LogP contribution < -0.4 is 5.32 Å². The lowest BCUT2D eigenvalue weighted by atomic mass is 9.89. The van der Waals surface area contributed by atoms with Gasteiger partial charge in [-0.15, -0.1) is 0 Å². The molecule has 1 aromatic heterocycles. The van der Waals surface area contributed by atoms with Crippen molar-refractivity contribution in [2.24, 2.45) is 0 Å². The summed E-state index contributed by atoms with van der Waals surface area (Å²) in [6.45, 7) is 2.68. The molecular formula is C13H15N3O2. The molecule has 0 atom stereocenters. The van der Waals surface area contributed by atoms with E-state index in [9.17, 15) is 4.79 Å². The van der Waals surface area contributed by atoms with Crippen molar-refractivity contribution in [1.82, 2.24) is 10.3 Å². The number of nitrogens with one attached hydrogen (secondary N) is 1. The zero-order valence-corrected chi connectivity index (χ0v) is 10.2. The second kappa shape index (κ2) is 5.61. The molecule has 94 valence electrons. The van der Waals surface area contributed by atoms with E-state index in [2.05, 4.69) is 10.3 Å². The van der Waals surface area contributed by atoms with Gasteiger partial charge in [0.2, 0.25) is 0 Å². The van der Waals surface area contributed by atoms with Gasteiger partial charge in [-0.1, -0.05) is 0 Å². The molecule has 0 saturated heterocycles. The molecule has 0 unspecified atom stereocenters. The van der Waals surface area contributed by atoms with Gasteiger partial charge in [0.15, 0.2) is 0 Å². The Morgan fingerprint density at radius 3 is 2.94 bits per heavy atom. The highest BCUT2D eigenvalue weighted by Crippen LogP contribution is 2.23. The largest absolute Gasteiger partial charge is 0.378 e. The van der Waals surface area contributed by atoms with E-state index < -0.39 is 0 Å². The van der Waals surface area contributed by atoms with Crippen molar-refractivity contribution in [1.29, 1.82) is 5.26 Å². The third-order valence-corrected chi connectivity index (χ3v) is 2.96. The second-order valence-electron chi connectivity index (χ2n) is 4.26. The Labute approximate surface area is 106 Å². The van der Waals surface area contributed by atoms with Gasteiger partial charge in [0, 0.05) is 18.8 Å². The van der Waals surface area contributed by atoms with Crippen LogP contribution in [0.25, 0.3) is 0 Å². The Morgan fingerprint density at radius 1 is 1.61 bits per heavy atom. The van der Waals surface area contributed by atoms with Gasteiger partial charge in [0.25, 0.3) is 5.91 Å². The van der Waals surface area contributed by atoms with E-state index in [0.29, 0.717) is 17.9 Å². The van der Waals surface area contributed by atoms with Gasteiger partial charge in [-0.25, -0.2) is 4.98 Å². The average Bonchev–Trinajstić information content (AvgIpc) is 2.36. The summed E-state index contributed by atoms with van der Waals surface area (Å²) in [7, 11) is 0.